The fourth-order valence-electron chi connectivity index (χ4n) is 6.48. The summed E-state index contributed by atoms with van der Waals surface area (Å²) in [7, 11) is -4.14. The van der Waals surface area contributed by atoms with Crippen molar-refractivity contribution in [3.8, 4) is 5.75 Å². The number of aryl methyl sites for hydroxylation is 1. The van der Waals surface area contributed by atoms with Crippen LogP contribution in [0.4, 0.5) is 5.69 Å². The summed E-state index contributed by atoms with van der Waals surface area (Å²) in [6, 6.07) is 15.9. The summed E-state index contributed by atoms with van der Waals surface area (Å²) < 4.78 is 30.6. The highest BCUT2D eigenvalue weighted by atomic mass is 79.9. The topological polar surface area (TPSA) is 161 Å². The van der Waals surface area contributed by atoms with Crippen molar-refractivity contribution in [2.45, 2.75) is 27.9 Å². The van der Waals surface area contributed by atoms with Gasteiger partial charge in [-0.1, -0.05) is 49.6 Å². The van der Waals surface area contributed by atoms with Gasteiger partial charge in [0.25, 0.3) is 23.4 Å². The third-order valence-electron chi connectivity index (χ3n) is 8.75. The van der Waals surface area contributed by atoms with Crippen molar-refractivity contribution in [2.24, 2.45) is 23.7 Å². The van der Waals surface area contributed by atoms with Crippen LogP contribution in [0.15, 0.2) is 77.7 Å². The lowest BCUT2D eigenvalue weighted by Crippen LogP contribution is -2.52. The van der Waals surface area contributed by atoms with E-state index in [1.165, 1.54) is 48.5 Å². The lowest BCUT2D eigenvalue weighted by molar-refractivity contribution is -0.384. The van der Waals surface area contributed by atoms with Crippen LogP contribution < -0.4 is 4.18 Å². The van der Waals surface area contributed by atoms with Crippen LogP contribution in [-0.4, -0.2) is 63.1 Å². The Morgan fingerprint density at radius 3 is 1.93 bits per heavy atom. The Labute approximate surface area is 280 Å². The van der Waals surface area contributed by atoms with Crippen molar-refractivity contribution >= 4 is 71.2 Å². The molecule has 1 aliphatic heterocycles. The second kappa shape index (κ2) is 12.0. The molecule has 46 heavy (non-hydrogen) atoms. The highest BCUT2D eigenvalue weighted by Gasteiger charge is 2.67. The number of hydrazine groups is 1. The zero-order chi connectivity index (χ0) is 33.1. The van der Waals surface area contributed by atoms with E-state index in [2.05, 4.69) is 31.9 Å². The van der Waals surface area contributed by atoms with Gasteiger partial charge in [0.2, 0.25) is 0 Å². The van der Waals surface area contributed by atoms with Crippen molar-refractivity contribution in [1.82, 2.24) is 10.0 Å². The van der Waals surface area contributed by atoms with Crippen molar-refractivity contribution in [1.29, 1.82) is 0 Å². The maximum atomic E-state index is 13.8. The highest BCUT2D eigenvalue weighted by molar-refractivity contribution is 9.12. The summed E-state index contributed by atoms with van der Waals surface area (Å²) in [6.45, 7) is 1.11. The zero-order valence-electron chi connectivity index (χ0n) is 24.0. The molecule has 2 aliphatic carbocycles. The standard InChI is InChI=1S/C31H25Br2N3O9S/c1-16-2-12-21(13-3-16)46(43,44)45-20-10-6-17(7-11-20)24(37)15-34(29(38)18-4-8-19(9-5-18)36(41)42)35-30(39)25-22-14-23(26(25)31(35)40)28(33)27(22)32/h2-13,22-23,25-28H,14-15H2,1H3/t22-,23-,25-,26+,27-,28+/m1/s1. The van der Waals surface area contributed by atoms with Gasteiger partial charge in [0, 0.05) is 32.9 Å². The first-order chi connectivity index (χ1) is 21.8. The molecular weight excluding hydrogens is 750 g/mol. The Balaban J connectivity index is 1.27. The number of carbonyl (C=O) groups excluding carboxylic acids is 4. The van der Waals surface area contributed by atoms with Gasteiger partial charge in [-0.15, -0.1) is 0 Å². The molecule has 3 fully saturated rings. The maximum absolute atomic E-state index is 13.8. The molecule has 3 aliphatic rings. The number of nitrogens with zero attached hydrogens (tertiary/aromatic N) is 3. The number of nitro groups is 1. The number of halogens is 2. The number of imide groups is 1. The molecule has 3 amide bonds. The van der Waals surface area contributed by atoms with E-state index in [0.717, 1.165) is 27.7 Å². The molecule has 0 spiro atoms. The average molecular weight is 775 g/mol. The predicted octanol–water partition coefficient (Wildman–Crippen LogP) is 4.69. The van der Waals surface area contributed by atoms with Crippen LogP contribution in [0.2, 0.25) is 0 Å². The average Bonchev–Trinajstić information content (AvgIpc) is 3.64. The summed E-state index contributed by atoms with van der Waals surface area (Å²) in [6.07, 6.45) is 0.662. The van der Waals surface area contributed by atoms with Crippen molar-refractivity contribution < 1.29 is 36.7 Å². The first-order valence-corrected chi connectivity index (χ1v) is 17.4. The van der Waals surface area contributed by atoms with E-state index in [9.17, 15) is 37.7 Å². The lowest BCUT2D eigenvalue weighted by Gasteiger charge is -2.30. The van der Waals surface area contributed by atoms with Crippen LogP contribution in [-0.2, 0) is 19.7 Å². The number of fused-ring (bicyclic) bond motifs is 5. The Morgan fingerprint density at radius 1 is 0.891 bits per heavy atom. The van der Waals surface area contributed by atoms with Gasteiger partial charge in [-0.2, -0.15) is 13.4 Å². The Bertz CT molecular complexity index is 1840. The number of ketones is 1. The first kappa shape index (κ1) is 32.0. The molecule has 2 bridgehead atoms. The van der Waals surface area contributed by atoms with E-state index in [0.29, 0.717) is 6.42 Å². The third kappa shape index (κ3) is 5.53. The molecule has 3 aromatic rings. The fraction of sp³-hybridized carbons (Fsp3) is 0.290. The summed E-state index contributed by atoms with van der Waals surface area (Å²) in [4.78, 5) is 65.3. The molecule has 6 atom stereocenters. The second-order valence-corrected chi connectivity index (χ2v) is 15.1. The van der Waals surface area contributed by atoms with E-state index in [1.807, 2.05) is 6.92 Å². The van der Waals surface area contributed by atoms with Crippen LogP contribution in [0, 0.1) is 40.7 Å². The largest absolute Gasteiger partial charge is 0.379 e. The van der Waals surface area contributed by atoms with Gasteiger partial charge < -0.3 is 4.18 Å². The van der Waals surface area contributed by atoms with E-state index in [4.69, 9.17) is 4.18 Å². The van der Waals surface area contributed by atoms with Gasteiger partial charge in [-0.05, 0) is 73.7 Å². The van der Waals surface area contributed by atoms with Gasteiger partial charge in [-0.3, -0.25) is 29.3 Å². The quantitative estimate of drug-likeness (QED) is 0.0751. The Hall–Kier alpha value is -3.95. The summed E-state index contributed by atoms with van der Waals surface area (Å²) in [5.41, 5.74) is 0.593. The van der Waals surface area contributed by atoms with E-state index in [1.54, 1.807) is 12.1 Å². The number of hydrogen-bond donors (Lipinski definition) is 0. The van der Waals surface area contributed by atoms with Crippen LogP contribution in [0.5, 0.6) is 5.75 Å². The number of benzene rings is 3. The van der Waals surface area contributed by atoms with E-state index >= 15 is 0 Å². The molecule has 0 N–H and O–H groups in total. The minimum absolute atomic E-state index is 0.0470. The zero-order valence-corrected chi connectivity index (χ0v) is 28.0. The number of hydrogen-bond acceptors (Lipinski definition) is 9. The number of rotatable bonds is 9. The second-order valence-electron chi connectivity index (χ2n) is 11.5. The van der Waals surface area contributed by atoms with E-state index in [-0.39, 0.29) is 48.9 Å². The van der Waals surface area contributed by atoms with Crippen molar-refractivity contribution in [3.63, 3.8) is 0 Å². The number of non-ortho nitro benzene ring substituents is 1. The van der Waals surface area contributed by atoms with Gasteiger partial charge in [0.15, 0.2) is 5.78 Å². The smallest absolute Gasteiger partial charge is 0.339 e. The predicted molar refractivity (Wildman–Crippen MR) is 170 cm³/mol. The van der Waals surface area contributed by atoms with Gasteiger partial charge >= 0.3 is 10.1 Å². The molecular formula is C31H25Br2N3O9S. The highest BCUT2D eigenvalue weighted by Crippen LogP contribution is 2.60. The van der Waals surface area contributed by atoms with Gasteiger partial charge in [0.05, 0.1) is 16.8 Å². The number of amides is 3. The van der Waals surface area contributed by atoms with Crippen LogP contribution >= 0.6 is 31.9 Å². The van der Waals surface area contributed by atoms with Crippen LogP contribution in [0.3, 0.4) is 0 Å². The third-order valence-corrected chi connectivity index (χ3v) is 13.2. The molecule has 0 unspecified atom stereocenters. The molecule has 0 radical (unpaired) electrons. The van der Waals surface area contributed by atoms with Gasteiger partial charge in [0.1, 0.15) is 17.2 Å². The number of carbonyl (C=O) groups is 4. The maximum Gasteiger partial charge on any atom is 0.339 e. The summed E-state index contributed by atoms with van der Waals surface area (Å²) >= 11 is 7.26. The molecule has 12 nitrogen and oxygen atoms in total. The summed E-state index contributed by atoms with van der Waals surface area (Å²) in [5.74, 6) is -4.35. The SMILES string of the molecule is Cc1ccc(S(=O)(=O)Oc2ccc(C(=O)CN(C(=O)c3ccc([N+](=O)[O-])cc3)N3C(=O)[C@@H]4[C@H]5C[C@@H]([C@H](Br)[C@@H]5Br)[C@@H]4C3=O)cc2)cc1. The number of nitro benzene ring substituents is 1. The van der Waals surface area contributed by atoms with Crippen LogP contribution in [0.25, 0.3) is 0 Å². The molecule has 1 heterocycles. The van der Waals surface area contributed by atoms with Gasteiger partial charge in [-0.25, -0.2) is 5.01 Å². The van der Waals surface area contributed by atoms with Crippen molar-refractivity contribution in [2.75, 3.05) is 6.54 Å². The minimum atomic E-state index is -4.14. The normalized spacial score (nSPS) is 25.0. The first-order valence-electron chi connectivity index (χ1n) is 14.1. The van der Waals surface area contributed by atoms with Crippen molar-refractivity contribution in [3.05, 3.63) is 99.6 Å². The Morgan fingerprint density at radius 2 is 1.41 bits per heavy atom. The van der Waals surface area contributed by atoms with E-state index < -0.39 is 56.9 Å². The van der Waals surface area contributed by atoms with Crippen LogP contribution in [0.1, 0.15) is 32.7 Å². The molecule has 6 rings (SSSR count). The molecule has 3 aromatic carbocycles. The Kier molecular flexibility index (Phi) is 8.36. The monoisotopic (exact) mass is 773 g/mol. The number of Topliss-reactive ketones (excluding diaryl/α,β-unsaturated/α-hetero) is 1. The minimum Gasteiger partial charge on any atom is -0.379 e. The number of alkyl halides is 2. The fourth-order valence-corrected chi connectivity index (χ4v) is 9.29. The molecule has 1 saturated heterocycles. The molecule has 238 valence electrons. The molecule has 15 heteroatoms. The lowest BCUT2D eigenvalue weighted by atomic mass is 9.81. The summed E-state index contributed by atoms with van der Waals surface area (Å²) in [5, 5.41) is 12.7. The molecule has 0 aromatic heterocycles. The molecule has 2 saturated carbocycles.